The van der Waals surface area contributed by atoms with Crippen LogP contribution in [0.3, 0.4) is 0 Å². The van der Waals surface area contributed by atoms with Gasteiger partial charge in [-0.25, -0.2) is 14.6 Å². The molecule has 2 fully saturated rings. The lowest BCUT2D eigenvalue weighted by Crippen LogP contribution is -2.53. The van der Waals surface area contributed by atoms with Crippen molar-refractivity contribution in [1.82, 2.24) is 9.88 Å². The lowest BCUT2D eigenvalue weighted by molar-refractivity contribution is -0.137. The van der Waals surface area contributed by atoms with Crippen molar-refractivity contribution in [2.45, 2.75) is 71.1 Å². The van der Waals surface area contributed by atoms with E-state index in [2.05, 4.69) is 18.8 Å². The Morgan fingerprint density at radius 2 is 1.80 bits per heavy atom. The van der Waals surface area contributed by atoms with E-state index < -0.39 is 17.3 Å². The number of nitrogens with zero attached hydrogens (tertiary/aromatic N) is 2. The first-order chi connectivity index (χ1) is 21.3. The van der Waals surface area contributed by atoms with Gasteiger partial charge in [-0.3, -0.25) is 14.5 Å². The Kier molecular flexibility index (Phi) is 6.94. The number of ether oxygens (including phenoxy) is 2. The molecular formula is C35H37N3O6. The lowest BCUT2D eigenvalue weighted by Gasteiger charge is -2.57. The molecular weight excluding hydrogens is 558 g/mol. The molecule has 4 aliphatic carbocycles. The number of carbonyl (C=O) groups excluding carboxylic acids is 4. The summed E-state index contributed by atoms with van der Waals surface area (Å²) < 4.78 is 12.1. The van der Waals surface area contributed by atoms with Crippen LogP contribution in [0, 0.1) is 23.2 Å². The highest BCUT2D eigenvalue weighted by atomic mass is 16.5. The topological polar surface area (TPSA) is 129 Å². The largest absolute Gasteiger partial charge is 0.427 e. The maximum atomic E-state index is 14.1. The third-order valence-electron chi connectivity index (χ3n) is 10.5. The maximum Gasteiger partial charge on any atom is 0.340 e. The standard InChI is InChI=1S/C35H37N3O6/c1-3-5-7-24-22-10-9-21-20-13-15-35(31(21)30(22)33(41)43-24)25(8-6-4-2)44-34(42)32(35)29(20)23(19-14-16-37-26(36)17-19)18-38-27(39)11-12-28(38)40/h7-8,11-12,14,16-17,20-21,23,31H,3-6,9-10,13,15,18H2,1-2H3,(H2,36,37)/t20-,21+,23-,31+,35-/m1/s1. The highest BCUT2D eigenvalue weighted by molar-refractivity contribution is 6.13. The number of imide groups is 1. The van der Waals surface area contributed by atoms with E-state index in [4.69, 9.17) is 15.2 Å². The van der Waals surface area contributed by atoms with Crippen LogP contribution in [0.15, 0.2) is 76.4 Å². The molecule has 5 atom stereocenters. The van der Waals surface area contributed by atoms with Gasteiger partial charge in [0.2, 0.25) is 0 Å². The first kappa shape index (κ1) is 28.5. The van der Waals surface area contributed by atoms with Crippen LogP contribution in [0.5, 0.6) is 0 Å². The zero-order valence-electron chi connectivity index (χ0n) is 25.1. The number of nitrogens with two attached hydrogens (primary N) is 1. The second kappa shape index (κ2) is 10.7. The summed E-state index contributed by atoms with van der Waals surface area (Å²) in [4.78, 5) is 58.9. The lowest BCUT2D eigenvalue weighted by atomic mass is 9.43. The first-order valence-electron chi connectivity index (χ1n) is 15.9. The molecule has 1 aromatic rings. The Morgan fingerprint density at radius 1 is 1.05 bits per heavy atom. The van der Waals surface area contributed by atoms with Gasteiger partial charge < -0.3 is 15.2 Å². The van der Waals surface area contributed by atoms with Gasteiger partial charge >= 0.3 is 11.9 Å². The van der Waals surface area contributed by atoms with Crippen molar-refractivity contribution in [2.24, 2.45) is 23.2 Å². The van der Waals surface area contributed by atoms with Gasteiger partial charge in [0.15, 0.2) is 0 Å². The van der Waals surface area contributed by atoms with E-state index in [1.54, 1.807) is 12.3 Å². The molecule has 7 aliphatic rings. The molecule has 0 radical (unpaired) electrons. The number of pyridine rings is 1. The van der Waals surface area contributed by atoms with Crippen LogP contribution in [0.4, 0.5) is 5.82 Å². The van der Waals surface area contributed by atoms with E-state index in [-0.39, 0.29) is 42.1 Å². The van der Waals surface area contributed by atoms with Crippen molar-refractivity contribution in [1.29, 1.82) is 0 Å². The highest BCUT2D eigenvalue weighted by Gasteiger charge is 2.68. The van der Waals surface area contributed by atoms with Crippen LogP contribution in [0.2, 0.25) is 0 Å². The second-order valence-electron chi connectivity index (χ2n) is 12.7. The maximum absolute atomic E-state index is 14.1. The van der Waals surface area contributed by atoms with Gasteiger partial charge in [-0.05, 0) is 85.8 Å². The smallest absolute Gasteiger partial charge is 0.340 e. The number of amides is 2. The molecule has 4 heterocycles. The van der Waals surface area contributed by atoms with Gasteiger partial charge in [0, 0.05) is 47.9 Å². The molecule has 2 bridgehead atoms. The number of hydrogen-bond donors (Lipinski definition) is 1. The number of allylic oxidation sites excluding steroid dienone is 4. The van der Waals surface area contributed by atoms with Crippen LogP contribution in [-0.4, -0.2) is 40.2 Å². The molecule has 2 amide bonds. The fraction of sp³-hybridized carbons (Fsp3) is 0.457. The van der Waals surface area contributed by atoms with E-state index in [1.165, 1.54) is 17.1 Å². The van der Waals surface area contributed by atoms with Crippen molar-refractivity contribution in [3.8, 4) is 0 Å². The number of rotatable bonds is 8. The summed E-state index contributed by atoms with van der Waals surface area (Å²) in [5, 5.41) is 0. The molecule has 9 heteroatoms. The van der Waals surface area contributed by atoms with Gasteiger partial charge in [-0.2, -0.15) is 0 Å². The molecule has 1 aromatic heterocycles. The third kappa shape index (κ3) is 4.08. The molecule has 44 heavy (non-hydrogen) atoms. The van der Waals surface area contributed by atoms with Crippen LogP contribution in [-0.2, 0) is 28.7 Å². The number of hydrogen-bond acceptors (Lipinski definition) is 8. The first-order valence-corrected chi connectivity index (χ1v) is 15.9. The molecule has 8 rings (SSSR count). The van der Waals surface area contributed by atoms with Gasteiger partial charge in [-0.15, -0.1) is 0 Å². The molecule has 3 aliphatic heterocycles. The fourth-order valence-corrected chi connectivity index (χ4v) is 8.82. The van der Waals surface area contributed by atoms with Crippen LogP contribution in [0.25, 0.3) is 0 Å². The van der Waals surface area contributed by atoms with Crippen molar-refractivity contribution in [3.63, 3.8) is 0 Å². The predicted molar refractivity (Wildman–Crippen MR) is 161 cm³/mol. The molecule has 0 aromatic carbocycles. The monoisotopic (exact) mass is 595 g/mol. The molecule has 228 valence electrons. The summed E-state index contributed by atoms with van der Waals surface area (Å²) in [5.74, 6) is -0.614. The normalized spacial score (nSPS) is 31.2. The quantitative estimate of drug-likeness (QED) is 0.321. The molecule has 1 spiro atoms. The summed E-state index contributed by atoms with van der Waals surface area (Å²) in [6, 6.07) is 3.60. The number of carbonyl (C=O) groups is 4. The Balaban J connectivity index is 1.46. The average Bonchev–Trinajstić information content (AvgIpc) is 3.63. The second-order valence-corrected chi connectivity index (χ2v) is 12.7. The summed E-state index contributed by atoms with van der Waals surface area (Å²) in [7, 11) is 0. The minimum absolute atomic E-state index is 0.0550. The average molecular weight is 596 g/mol. The van der Waals surface area contributed by atoms with Gasteiger partial charge in [0.05, 0.1) is 11.0 Å². The Labute approximate surface area is 256 Å². The van der Waals surface area contributed by atoms with Crippen molar-refractivity contribution in [2.75, 3.05) is 12.3 Å². The van der Waals surface area contributed by atoms with E-state index in [1.807, 2.05) is 18.2 Å². The fourth-order valence-electron chi connectivity index (χ4n) is 8.82. The molecule has 1 saturated heterocycles. The Bertz CT molecular complexity index is 1630. The summed E-state index contributed by atoms with van der Waals surface area (Å²) in [5.41, 5.74) is 9.26. The summed E-state index contributed by atoms with van der Waals surface area (Å²) in [6.07, 6.45) is 14.6. The number of esters is 2. The van der Waals surface area contributed by atoms with Gasteiger partial charge in [-0.1, -0.05) is 26.7 Å². The number of aromatic nitrogens is 1. The van der Waals surface area contributed by atoms with Crippen LogP contribution >= 0.6 is 0 Å². The molecule has 1 saturated carbocycles. The van der Waals surface area contributed by atoms with Crippen molar-refractivity contribution in [3.05, 3.63) is 82.0 Å². The zero-order chi connectivity index (χ0) is 30.7. The number of fused-ring (bicyclic) bond motifs is 1. The number of anilines is 1. The summed E-state index contributed by atoms with van der Waals surface area (Å²) in [6.45, 7) is 4.24. The van der Waals surface area contributed by atoms with Crippen LogP contribution in [0.1, 0.15) is 76.7 Å². The molecule has 2 N–H and O–H groups in total. The van der Waals surface area contributed by atoms with E-state index in [0.29, 0.717) is 34.9 Å². The Hall–Kier alpha value is -4.27. The Morgan fingerprint density at radius 3 is 2.52 bits per heavy atom. The minimum atomic E-state index is -0.824. The van der Waals surface area contributed by atoms with E-state index in [9.17, 15) is 19.2 Å². The zero-order valence-corrected chi connectivity index (χ0v) is 25.1. The summed E-state index contributed by atoms with van der Waals surface area (Å²) >= 11 is 0. The SMILES string of the molecule is CCCC=C1OC(=O)C2=C1CC[C@@H]1[C@@H]2[C@]23CC[C@H]1C([C@H](CN1C(=O)C=CC1=O)c1ccnc(N)c1)=C2C(=O)OC3=CCCC. The van der Waals surface area contributed by atoms with Crippen LogP contribution < -0.4 is 5.73 Å². The number of cyclic esters (lactones) is 2. The third-order valence-corrected chi connectivity index (χ3v) is 10.5. The van der Waals surface area contributed by atoms with E-state index >= 15 is 0 Å². The minimum Gasteiger partial charge on any atom is -0.427 e. The number of unbranched alkanes of at least 4 members (excludes halogenated alkanes) is 2. The molecule has 0 unspecified atom stereocenters. The van der Waals surface area contributed by atoms with Crippen molar-refractivity contribution < 1.29 is 28.7 Å². The van der Waals surface area contributed by atoms with E-state index in [0.717, 1.165) is 61.7 Å². The van der Waals surface area contributed by atoms with Crippen molar-refractivity contribution >= 4 is 29.6 Å². The van der Waals surface area contributed by atoms with Gasteiger partial charge in [0.1, 0.15) is 17.3 Å². The predicted octanol–water partition coefficient (Wildman–Crippen LogP) is 5.18. The van der Waals surface area contributed by atoms with Gasteiger partial charge in [0.25, 0.3) is 11.8 Å². The highest BCUT2D eigenvalue weighted by Crippen LogP contribution is 2.71. The number of nitrogen functional groups attached to an aromatic ring is 1. The molecule has 9 nitrogen and oxygen atoms in total.